The van der Waals surface area contributed by atoms with Gasteiger partial charge in [0.2, 0.25) is 0 Å². The average Bonchev–Trinajstić information content (AvgIpc) is 2.84. The van der Waals surface area contributed by atoms with E-state index in [9.17, 15) is 0 Å². The van der Waals surface area contributed by atoms with Crippen LogP contribution in [0.4, 0.5) is 5.69 Å². The first-order valence-electron chi connectivity index (χ1n) is 5.76. The summed E-state index contributed by atoms with van der Waals surface area (Å²) in [5, 5.41) is 3.44. The van der Waals surface area contributed by atoms with E-state index in [4.69, 9.17) is 4.42 Å². The molecule has 0 aliphatic heterocycles. The second kappa shape index (κ2) is 6.40. The molecular weight excluding hydrogens is 230 g/mol. The molecule has 2 aromatic rings. The van der Waals surface area contributed by atoms with Gasteiger partial charge in [0.15, 0.2) is 0 Å². The molecule has 0 aliphatic carbocycles. The number of aryl methyl sites for hydroxylation is 1. The number of benzene rings is 1. The Morgan fingerprint density at radius 2 is 2.06 bits per heavy atom. The molecular formula is C14H17NOS. The van der Waals surface area contributed by atoms with Crippen LogP contribution < -0.4 is 5.32 Å². The van der Waals surface area contributed by atoms with Gasteiger partial charge in [0, 0.05) is 18.0 Å². The molecule has 0 spiro atoms. The second-order valence-electron chi connectivity index (χ2n) is 3.87. The van der Waals surface area contributed by atoms with Crippen LogP contribution in [0.5, 0.6) is 0 Å². The Kier molecular flexibility index (Phi) is 4.56. The van der Waals surface area contributed by atoms with Crippen molar-refractivity contribution in [1.82, 2.24) is 0 Å². The van der Waals surface area contributed by atoms with Crippen LogP contribution in [-0.2, 0) is 5.75 Å². The van der Waals surface area contributed by atoms with Gasteiger partial charge in [0.25, 0.3) is 0 Å². The zero-order valence-corrected chi connectivity index (χ0v) is 10.8. The van der Waals surface area contributed by atoms with E-state index in [0.717, 1.165) is 23.8 Å². The van der Waals surface area contributed by atoms with E-state index >= 15 is 0 Å². The Balaban J connectivity index is 1.65. The van der Waals surface area contributed by atoms with Crippen molar-refractivity contribution in [3.05, 3.63) is 54.0 Å². The third-order valence-electron chi connectivity index (χ3n) is 2.53. The normalized spacial score (nSPS) is 10.4. The summed E-state index contributed by atoms with van der Waals surface area (Å²) < 4.78 is 5.28. The lowest BCUT2D eigenvalue weighted by Gasteiger charge is -2.08. The minimum absolute atomic E-state index is 0.947. The van der Waals surface area contributed by atoms with E-state index in [1.165, 1.54) is 11.3 Å². The molecule has 3 heteroatoms. The molecule has 1 heterocycles. The van der Waals surface area contributed by atoms with E-state index in [1.807, 2.05) is 23.9 Å². The first-order chi connectivity index (χ1) is 8.36. The average molecular weight is 247 g/mol. The highest BCUT2D eigenvalue weighted by Gasteiger charge is 1.97. The first kappa shape index (κ1) is 12.1. The number of rotatable bonds is 6. The van der Waals surface area contributed by atoms with Crippen molar-refractivity contribution in [1.29, 1.82) is 0 Å². The summed E-state index contributed by atoms with van der Waals surface area (Å²) >= 11 is 1.88. The maximum atomic E-state index is 5.28. The predicted octanol–water partition coefficient (Wildman–Crippen LogP) is 3.93. The summed E-state index contributed by atoms with van der Waals surface area (Å²) in [6, 6.07) is 12.3. The minimum atomic E-state index is 0.947. The Hall–Kier alpha value is -1.35. The molecule has 0 unspecified atom stereocenters. The van der Waals surface area contributed by atoms with E-state index in [1.54, 1.807) is 6.26 Å². The molecule has 0 aliphatic rings. The zero-order valence-electron chi connectivity index (χ0n) is 9.98. The smallest absolute Gasteiger partial charge is 0.113 e. The van der Waals surface area contributed by atoms with Crippen molar-refractivity contribution in [3.8, 4) is 0 Å². The number of hydrogen-bond donors (Lipinski definition) is 1. The standard InChI is InChI=1S/C14H17NOS/c1-12-5-2-3-7-14(12)15-8-10-17-11-13-6-4-9-16-13/h2-7,9,15H,8,10-11H2,1H3. The molecule has 0 saturated carbocycles. The van der Waals surface area contributed by atoms with Gasteiger partial charge in [-0.3, -0.25) is 0 Å². The lowest BCUT2D eigenvalue weighted by atomic mass is 10.2. The number of para-hydroxylation sites is 1. The summed E-state index contributed by atoms with van der Waals surface area (Å²) in [4.78, 5) is 0. The third-order valence-corrected chi connectivity index (χ3v) is 3.51. The molecule has 17 heavy (non-hydrogen) atoms. The van der Waals surface area contributed by atoms with Gasteiger partial charge in [-0.15, -0.1) is 0 Å². The highest BCUT2D eigenvalue weighted by molar-refractivity contribution is 7.98. The van der Waals surface area contributed by atoms with Crippen LogP contribution in [0.3, 0.4) is 0 Å². The van der Waals surface area contributed by atoms with E-state index in [0.29, 0.717) is 0 Å². The molecule has 90 valence electrons. The molecule has 0 amide bonds. The SMILES string of the molecule is Cc1ccccc1NCCSCc1ccco1. The summed E-state index contributed by atoms with van der Waals surface area (Å²) in [7, 11) is 0. The lowest BCUT2D eigenvalue weighted by molar-refractivity contribution is 0.530. The number of nitrogens with one attached hydrogen (secondary N) is 1. The number of thioether (sulfide) groups is 1. The van der Waals surface area contributed by atoms with Gasteiger partial charge in [-0.25, -0.2) is 0 Å². The Morgan fingerprint density at radius 3 is 2.82 bits per heavy atom. The molecule has 1 aromatic heterocycles. The fraction of sp³-hybridized carbons (Fsp3) is 0.286. The van der Waals surface area contributed by atoms with Crippen molar-refractivity contribution >= 4 is 17.4 Å². The van der Waals surface area contributed by atoms with Crippen LogP contribution in [0, 0.1) is 6.92 Å². The number of furan rings is 1. The van der Waals surface area contributed by atoms with Crippen molar-refractivity contribution in [2.75, 3.05) is 17.6 Å². The van der Waals surface area contributed by atoms with Gasteiger partial charge in [0.05, 0.1) is 12.0 Å². The molecule has 0 atom stereocenters. The van der Waals surface area contributed by atoms with Gasteiger partial charge in [-0.05, 0) is 30.7 Å². The van der Waals surface area contributed by atoms with Crippen LogP contribution in [0.15, 0.2) is 47.1 Å². The monoisotopic (exact) mass is 247 g/mol. The number of hydrogen-bond acceptors (Lipinski definition) is 3. The molecule has 0 radical (unpaired) electrons. The van der Waals surface area contributed by atoms with Crippen LogP contribution in [0.2, 0.25) is 0 Å². The van der Waals surface area contributed by atoms with Gasteiger partial charge in [-0.2, -0.15) is 11.8 Å². The topological polar surface area (TPSA) is 25.2 Å². The fourth-order valence-electron chi connectivity index (χ4n) is 1.60. The van der Waals surface area contributed by atoms with Crippen LogP contribution in [0.25, 0.3) is 0 Å². The number of anilines is 1. The van der Waals surface area contributed by atoms with Crippen molar-refractivity contribution in [2.45, 2.75) is 12.7 Å². The van der Waals surface area contributed by atoms with Gasteiger partial charge < -0.3 is 9.73 Å². The minimum Gasteiger partial charge on any atom is -0.468 e. The molecule has 1 N–H and O–H groups in total. The maximum absolute atomic E-state index is 5.28. The fourth-order valence-corrected chi connectivity index (χ4v) is 2.35. The summed E-state index contributed by atoms with van der Waals surface area (Å²) in [6.45, 7) is 3.11. The van der Waals surface area contributed by atoms with E-state index < -0.39 is 0 Å². The van der Waals surface area contributed by atoms with Crippen LogP contribution in [-0.4, -0.2) is 12.3 Å². The van der Waals surface area contributed by atoms with Gasteiger partial charge in [0.1, 0.15) is 5.76 Å². The van der Waals surface area contributed by atoms with Crippen LogP contribution in [0.1, 0.15) is 11.3 Å². The largest absolute Gasteiger partial charge is 0.468 e. The summed E-state index contributed by atoms with van der Waals surface area (Å²) in [6.07, 6.45) is 1.72. The lowest BCUT2D eigenvalue weighted by Crippen LogP contribution is -2.05. The zero-order chi connectivity index (χ0) is 11.9. The van der Waals surface area contributed by atoms with Crippen LogP contribution >= 0.6 is 11.8 Å². The Morgan fingerprint density at radius 1 is 1.18 bits per heavy atom. The van der Waals surface area contributed by atoms with Crippen molar-refractivity contribution < 1.29 is 4.42 Å². The van der Waals surface area contributed by atoms with E-state index in [-0.39, 0.29) is 0 Å². The maximum Gasteiger partial charge on any atom is 0.113 e. The van der Waals surface area contributed by atoms with E-state index in [2.05, 4.69) is 36.5 Å². The predicted molar refractivity (Wildman–Crippen MR) is 74.5 cm³/mol. The summed E-state index contributed by atoms with van der Waals surface area (Å²) in [5.41, 5.74) is 2.52. The third kappa shape index (κ3) is 3.86. The highest BCUT2D eigenvalue weighted by Crippen LogP contribution is 2.15. The Labute approximate surface area is 106 Å². The summed E-state index contributed by atoms with van der Waals surface area (Å²) in [5.74, 6) is 3.07. The van der Waals surface area contributed by atoms with Crippen molar-refractivity contribution in [3.63, 3.8) is 0 Å². The Bertz CT molecular complexity index is 439. The molecule has 0 saturated heterocycles. The van der Waals surface area contributed by atoms with Gasteiger partial charge >= 0.3 is 0 Å². The second-order valence-corrected chi connectivity index (χ2v) is 4.98. The molecule has 2 rings (SSSR count). The molecule has 0 fully saturated rings. The van der Waals surface area contributed by atoms with Crippen molar-refractivity contribution in [2.24, 2.45) is 0 Å². The molecule has 1 aromatic carbocycles. The molecule has 0 bridgehead atoms. The quantitative estimate of drug-likeness (QED) is 0.783. The highest BCUT2D eigenvalue weighted by atomic mass is 32.2. The first-order valence-corrected chi connectivity index (χ1v) is 6.91. The van der Waals surface area contributed by atoms with Gasteiger partial charge in [-0.1, -0.05) is 18.2 Å². The molecule has 2 nitrogen and oxygen atoms in total.